The number of halogens is 3. The summed E-state index contributed by atoms with van der Waals surface area (Å²) in [6.45, 7) is 2.25. The number of fused-ring (bicyclic) bond motifs is 2. The second-order valence-electron chi connectivity index (χ2n) is 8.02. The molecule has 0 aliphatic carbocycles. The number of nitrogens with zero attached hydrogens (tertiary/aromatic N) is 2. The number of hydrogen-bond acceptors (Lipinski definition) is 2. The summed E-state index contributed by atoms with van der Waals surface area (Å²) in [5, 5.41) is 6.84. The summed E-state index contributed by atoms with van der Waals surface area (Å²) in [5.41, 5.74) is 2.69. The van der Waals surface area contributed by atoms with Gasteiger partial charge in [-0.1, -0.05) is 12.1 Å². The molecule has 0 aliphatic rings. The number of aromatic amines is 1. The van der Waals surface area contributed by atoms with Crippen molar-refractivity contribution in [3.05, 3.63) is 89.9 Å². The maximum Gasteiger partial charge on any atom is 0.418 e. The average Bonchev–Trinajstić information content (AvgIpc) is 3.41. The van der Waals surface area contributed by atoms with Gasteiger partial charge in [0.1, 0.15) is 5.65 Å². The highest BCUT2D eigenvalue weighted by molar-refractivity contribution is 6.06. The van der Waals surface area contributed by atoms with E-state index in [1.54, 1.807) is 25.3 Å². The van der Waals surface area contributed by atoms with Gasteiger partial charge in [0.25, 0.3) is 0 Å². The second-order valence-corrected chi connectivity index (χ2v) is 8.02. The minimum atomic E-state index is -4.58. The van der Waals surface area contributed by atoms with E-state index < -0.39 is 17.8 Å². The van der Waals surface area contributed by atoms with Crippen molar-refractivity contribution in [3.63, 3.8) is 0 Å². The molecular formula is C25H20F3N5O. The van der Waals surface area contributed by atoms with Gasteiger partial charge in [-0.2, -0.15) is 13.2 Å². The fourth-order valence-electron chi connectivity index (χ4n) is 4.09. The lowest BCUT2D eigenvalue weighted by molar-refractivity contribution is -0.136. The van der Waals surface area contributed by atoms with Crippen LogP contribution < -0.4 is 10.6 Å². The van der Waals surface area contributed by atoms with E-state index in [1.807, 2.05) is 41.2 Å². The van der Waals surface area contributed by atoms with Crippen LogP contribution in [-0.2, 0) is 12.7 Å². The number of benzene rings is 2. The van der Waals surface area contributed by atoms with Crippen LogP contribution in [0.15, 0.2) is 73.2 Å². The van der Waals surface area contributed by atoms with E-state index >= 15 is 0 Å². The molecule has 2 amide bonds. The molecule has 6 nitrogen and oxygen atoms in total. The van der Waals surface area contributed by atoms with Crippen molar-refractivity contribution >= 4 is 39.3 Å². The molecule has 0 atom stereocenters. The molecule has 0 saturated carbocycles. The van der Waals surface area contributed by atoms with Crippen LogP contribution in [0.2, 0.25) is 0 Å². The highest BCUT2D eigenvalue weighted by atomic mass is 19.4. The predicted octanol–water partition coefficient (Wildman–Crippen LogP) is 6.54. The third-order valence-corrected chi connectivity index (χ3v) is 5.68. The van der Waals surface area contributed by atoms with Crippen molar-refractivity contribution in [2.45, 2.75) is 19.6 Å². The standard InChI is InChI=1S/C25H20F3N5O/c1-15-5-6-19(25(26,27)28)21(13-15)32-24(34)31-20-3-2-4-22-18(20)9-12-33(22)14-16-7-10-29-23-17(16)8-11-30-23/h2-13H,14H2,1H3,(H,29,30)(H2,31,32,34). The number of rotatable bonds is 4. The number of carbonyl (C=O) groups excluding carboxylic acids is 1. The number of hydrogen-bond donors (Lipinski definition) is 3. The first-order valence-electron chi connectivity index (χ1n) is 10.5. The van der Waals surface area contributed by atoms with Crippen molar-refractivity contribution in [2.24, 2.45) is 0 Å². The molecule has 172 valence electrons. The van der Waals surface area contributed by atoms with Crippen LogP contribution >= 0.6 is 0 Å². The quantitative estimate of drug-likeness (QED) is 0.283. The Balaban J connectivity index is 1.41. The minimum absolute atomic E-state index is 0.289. The van der Waals surface area contributed by atoms with Gasteiger partial charge >= 0.3 is 12.2 Å². The lowest BCUT2D eigenvalue weighted by Crippen LogP contribution is -2.22. The molecular weight excluding hydrogens is 443 g/mol. The fourth-order valence-corrected chi connectivity index (χ4v) is 4.09. The van der Waals surface area contributed by atoms with Gasteiger partial charge in [0.2, 0.25) is 0 Å². The zero-order valence-electron chi connectivity index (χ0n) is 18.1. The normalized spacial score (nSPS) is 11.8. The number of H-pyrrole nitrogens is 1. The van der Waals surface area contributed by atoms with Crippen LogP contribution in [0, 0.1) is 6.92 Å². The van der Waals surface area contributed by atoms with E-state index in [2.05, 4.69) is 20.6 Å². The molecule has 0 fully saturated rings. The zero-order valence-corrected chi connectivity index (χ0v) is 18.1. The fraction of sp³-hybridized carbons (Fsp3) is 0.120. The Labute approximate surface area is 192 Å². The van der Waals surface area contributed by atoms with Gasteiger partial charge in [-0.25, -0.2) is 9.78 Å². The summed E-state index contributed by atoms with van der Waals surface area (Å²) in [6.07, 6.45) is 0.923. The van der Waals surface area contributed by atoms with Gasteiger partial charge < -0.3 is 20.2 Å². The maximum absolute atomic E-state index is 13.3. The number of nitrogens with one attached hydrogen (secondary N) is 3. The molecule has 34 heavy (non-hydrogen) atoms. The van der Waals surface area contributed by atoms with E-state index in [0.717, 1.165) is 33.6 Å². The minimum Gasteiger partial charge on any atom is -0.346 e. The van der Waals surface area contributed by atoms with Crippen LogP contribution in [0.3, 0.4) is 0 Å². The van der Waals surface area contributed by atoms with Gasteiger partial charge in [0.05, 0.1) is 22.5 Å². The van der Waals surface area contributed by atoms with Gasteiger partial charge in [-0.15, -0.1) is 0 Å². The highest BCUT2D eigenvalue weighted by Crippen LogP contribution is 2.35. The predicted molar refractivity (Wildman–Crippen MR) is 126 cm³/mol. The molecule has 0 radical (unpaired) electrons. The van der Waals surface area contributed by atoms with Gasteiger partial charge in [0, 0.05) is 35.9 Å². The Morgan fingerprint density at radius 2 is 1.85 bits per heavy atom. The maximum atomic E-state index is 13.3. The second kappa shape index (κ2) is 8.26. The number of aryl methyl sites for hydroxylation is 1. The van der Waals surface area contributed by atoms with Crippen LogP contribution in [0.5, 0.6) is 0 Å². The van der Waals surface area contributed by atoms with Crippen molar-refractivity contribution in [1.29, 1.82) is 0 Å². The number of aromatic nitrogens is 3. The Morgan fingerprint density at radius 1 is 1.03 bits per heavy atom. The number of anilines is 2. The number of amides is 2. The van der Waals surface area contributed by atoms with Crippen LogP contribution in [0.25, 0.3) is 21.9 Å². The molecule has 0 spiro atoms. The van der Waals surface area contributed by atoms with E-state index in [9.17, 15) is 18.0 Å². The zero-order chi connectivity index (χ0) is 23.9. The monoisotopic (exact) mass is 463 g/mol. The smallest absolute Gasteiger partial charge is 0.346 e. The van der Waals surface area contributed by atoms with Crippen LogP contribution in [0.4, 0.5) is 29.3 Å². The third-order valence-electron chi connectivity index (χ3n) is 5.68. The Kier molecular flexibility index (Phi) is 5.24. The summed E-state index contributed by atoms with van der Waals surface area (Å²) in [4.78, 5) is 20.0. The lowest BCUT2D eigenvalue weighted by atomic mass is 10.1. The molecule has 0 saturated heterocycles. The number of alkyl halides is 3. The third kappa shape index (κ3) is 4.07. The number of urea groups is 1. The largest absolute Gasteiger partial charge is 0.418 e. The van der Waals surface area contributed by atoms with Crippen LogP contribution in [0.1, 0.15) is 16.7 Å². The molecule has 3 N–H and O–H groups in total. The summed E-state index contributed by atoms with van der Waals surface area (Å²) < 4.78 is 42.1. The molecule has 5 rings (SSSR count). The summed E-state index contributed by atoms with van der Waals surface area (Å²) in [6, 6.07) is 14.1. The van der Waals surface area contributed by atoms with E-state index in [-0.39, 0.29) is 5.69 Å². The van der Waals surface area contributed by atoms with E-state index in [1.165, 1.54) is 12.1 Å². The molecule has 9 heteroatoms. The highest BCUT2D eigenvalue weighted by Gasteiger charge is 2.33. The molecule has 0 unspecified atom stereocenters. The van der Waals surface area contributed by atoms with Crippen LogP contribution in [-0.4, -0.2) is 20.6 Å². The number of pyridine rings is 1. The molecule has 0 aliphatic heterocycles. The van der Waals surface area contributed by atoms with Crippen molar-refractivity contribution < 1.29 is 18.0 Å². The number of carbonyl (C=O) groups is 1. The topological polar surface area (TPSA) is 74.7 Å². The lowest BCUT2D eigenvalue weighted by Gasteiger charge is -2.15. The first-order chi connectivity index (χ1) is 16.3. The van der Waals surface area contributed by atoms with Crippen molar-refractivity contribution in [3.8, 4) is 0 Å². The van der Waals surface area contributed by atoms with Crippen molar-refractivity contribution in [2.75, 3.05) is 10.6 Å². The van der Waals surface area contributed by atoms with E-state index in [4.69, 9.17) is 0 Å². The molecule has 0 bridgehead atoms. The van der Waals surface area contributed by atoms with E-state index in [0.29, 0.717) is 17.8 Å². The van der Waals surface area contributed by atoms with Crippen molar-refractivity contribution in [1.82, 2.24) is 14.5 Å². The van der Waals surface area contributed by atoms with Gasteiger partial charge in [-0.3, -0.25) is 0 Å². The first-order valence-corrected chi connectivity index (χ1v) is 10.5. The summed E-state index contributed by atoms with van der Waals surface area (Å²) in [7, 11) is 0. The Bertz CT molecular complexity index is 1520. The Morgan fingerprint density at radius 3 is 2.68 bits per heavy atom. The summed E-state index contributed by atoms with van der Waals surface area (Å²) >= 11 is 0. The summed E-state index contributed by atoms with van der Waals surface area (Å²) in [5.74, 6) is 0. The van der Waals surface area contributed by atoms with Gasteiger partial charge in [-0.05, 0) is 60.5 Å². The molecule has 5 aromatic rings. The molecule has 3 aromatic heterocycles. The SMILES string of the molecule is Cc1ccc(C(F)(F)F)c(NC(=O)Nc2cccc3c2ccn3Cc2ccnc3[nH]ccc23)c1. The molecule has 3 heterocycles. The molecule has 2 aromatic carbocycles. The van der Waals surface area contributed by atoms with Gasteiger partial charge in [0.15, 0.2) is 0 Å². The Hall–Kier alpha value is -4.27. The average molecular weight is 463 g/mol. The first kappa shape index (κ1) is 21.6.